The third-order valence-electron chi connectivity index (χ3n) is 4.08. The molecular weight excluding hydrogens is 387 g/mol. The number of pyridine rings is 1. The number of nitrogens with zero attached hydrogens (tertiary/aromatic N) is 2. The molecule has 0 fully saturated rings. The third kappa shape index (κ3) is 5.78. The Morgan fingerprint density at radius 2 is 1.83 bits per heavy atom. The lowest BCUT2D eigenvalue weighted by Gasteiger charge is -2.13. The number of guanidine groups is 1. The summed E-state index contributed by atoms with van der Waals surface area (Å²) in [7, 11) is 3.01. The molecule has 154 valence electrons. The lowest BCUT2D eigenvalue weighted by atomic mass is 10.2. The van der Waals surface area contributed by atoms with Crippen molar-refractivity contribution in [1.29, 1.82) is 0 Å². The molecule has 2 N–H and O–H groups in total. The highest BCUT2D eigenvalue weighted by Crippen LogP contribution is 2.22. The minimum absolute atomic E-state index is 0.163. The number of methoxy groups -OCH3 is 2. The number of anilines is 1. The summed E-state index contributed by atoms with van der Waals surface area (Å²) in [5.41, 5.74) is 1.62. The quantitative estimate of drug-likeness (QED) is 0.481. The van der Waals surface area contributed by atoms with Crippen LogP contribution in [0, 0.1) is 5.82 Å². The monoisotopic (exact) mass is 408 g/mol. The molecule has 3 rings (SSSR count). The second-order valence-electron chi connectivity index (χ2n) is 6.22. The van der Waals surface area contributed by atoms with E-state index < -0.39 is 11.7 Å². The van der Waals surface area contributed by atoms with Gasteiger partial charge in [0, 0.05) is 29.7 Å². The maximum atomic E-state index is 13.6. The number of aliphatic imine (C=N–C) groups is 1. The van der Waals surface area contributed by atoms with Crippen LogP contribution in [0.4, 0.5) is 10.1 Å². The van der Waals surface area contributed by atoms with E-state index in [0.717, 1.165) is 5.56 Å². The zero-order valence-corrected chi connectivity index (χ0v) is 16.6. The molecule has 1 heterocycles. The smallest absolute Gasteiger partial charge is 0.258 e. The summed E-state index contributed by atoms with van der Waals surface area (Å²) in [6.45, 7) is 0.271. The molecule has 0 atom stereocenters. The van der Waals surface area contributed by atoms with Crippen molar-refractivity contribution in [3.05, 3.63) is 83.9 Å². The Morgan fingerprint density at radius 1 is 1.07 bits per heavy atom. The van der Waals surface area contributed by atoms with Crippen LogP contribution >= 0.6 is 0 Å². The number of amides is 1. The van der Waals surface area contributed by atoms with Crippen LogP contribution < -0.4 is 20.1 Å². The summed E-state index contributed by atoms with van der Waals surface area (Å²) in [5, 5.41) is 5.66. The predicted octanol–water partition coefficient (Wildman–Crippen LogP) is 3.64. The molecule has 0 saturated carbocycles. The number of rotatable bonds is 6. The van der Waals surface area contributed by atoms with E-state index in [1.165, 1.54) is 26.4 Å². The molecule has 0 bridgehead atoms. The number of carbonyl (C=O) groups is 1. The minimum Gasteiger partial charge on any atom is -0.497 e. The summed E-state index contributed by atoms with van der Waals surface area (Å²) in [6, 6.07) is 14.4. The first-order valence-corrected chi connectivity index (χ1v) is 9.08. The van der Waals surface area contributed by atoms with Crippen molar-refractivity contribution in [3.63, 3.8) is 0 Å². The van der Waals surface area contributed by atoms with E-state index in [-0.39, 0.29) is 12.5 Å². The van der Waals surface area contributed by atoms with E-state index in [2.05, 4.69) is 20.6 Å². The highest BCUT2D eigenvalue weighted by Gasteiger charge is 2.13. The Morgan fingerprint density at radius 3 is 2.47 bits per heavy atom. The summed E-state index contributed by atoms with van der Waals surface area (Å²) in [5.74, 6) is 0.283. The van der Waals surface area contributed by atoms with E-state index in [9.17, 15) is 9.18 Å². The Hall–Kier alpha value is -3.94. The molecule has 0 aliphatic carbocycles. The molecule has 8 heteroatoms. The highest BCUT2D eigenvalue weighted by molar-refractivity contribution is 6.10. The number of hydrogen-bond acceptors (Lipinski definition) is 5. The molecule has 0 unspecified atom stereocenters. The average Bonchev–Trinajstić information content (AvgIpc) is 2.77. The van der Waals surface area contributed by atoms with Gasteiger partial charge in [0.25, 0.3) is 5.91 Å². The molecule has 0 radical (unpaired) electrons. The van der Waals surface area contributed by atoms with Crippen molar-refractivity contribution in [1.82, 2.24) is 10.3 Å². The molecule has 7 nitrogen and oxygen atoms in total. The zero-order chi connectivity index (χ0) is 21.3. The number of hydrogen-bond donors (Lipinski definition) is 2. The van der Waals surface area contributed by atoms with Crippen LogP contribution in [-0.2, 0) is 6.54 Å². The number of halogens is 1. The lowest BCUT2D eigenvalue weighted by molar-refractivity contribution is 0.0976. The average molecular weight is 408 g/mol. The van der Waals surface area contributed by atoms with Gasteiger partial charge in [0.15, 0.2) is 0 Å². The molecule has 0 aliphatic rings. The Balaban J connectivity index is 1.85. The first-order chi connectivity index (χ1) is 14.6. The topological polar surface area (TPSA) is 84.8 Å². The summed E-state index contributed by atoms with van der Waals surface area (Å²) >= 11 is 0. The Labute approximate surface area is 173 Å². The SMILES string of the molecule is COc1cc(OC)cc(C(=O)NC(=NCc2cccnc2)Nc2cccc(F)c2)c1. The van der Waals surface area contributed by atoms with Crippen LogP contribution in [0.25, 0.3) is 0 Å². The van der Waals surface area contributed by atoms with E-state index in [1.54, 1.807) is 48.8 Å². The largest absolute Gasteiger partial charge is 0.497 e. The number of benzene rings is 2. The van der Waals surface area contributed by atoms with Crippen LogP contribution in [0.3, 0.4) is 0 Å². The van der Waals surface area contributed by atoms with Crippen LogP contribution in [0.5, 0.6) is 11.5 Å². The van der Waals surface area contributed by atoms with Gasteiger partial charge in [-0.3, -0.25) is 15.1 Å². The number of ether oxygens (including phenoxy) is 2. The van der Waals surface area contributed by atoms with Gasteiger partial charge >= 0.3 is 0 Å². The van der Waals surface area contributed by atoms with Crippen LogP contribution in [0.1, 0.15) is 15.9 Å². The standard InChI is InChI=1S/C22H21FN4O3/c1-29-19-9-16(10-20(12-19)30-2)21(28)27-22(25-14-15-5-4-8-24-13-15)26-18-7-3-6-17(23)11-18/h3-13H,14H2,1-2H3,(H2,25,26,27,28). The fraction of sp³-hybridized carbons (Fsp3) is 0.136. The summed E-state index contributed by atoms with van der Waals surface area (Å²) < 4.78 is 24.0. The molecule has 0 aliphatic heterocycles. The van der Waals surface area contributed by atoms with E-state index >= 15 is 0 Å². The molecule has 1 amide bonds. The van der Waals surface area contributed by atoms with Crippen molar-refractivity contribution in [2.75, 3.05) is 19.5 Å². The Kier molecular flexibility index (Phi) is 6.94. The van der Waals surface area contributed by atoms with Gasteiger partial charge in [-0.25, -0.2) is 9.38 Å². The Bertz CT molecular complexity index is 1020. The maximum absolute atomic E-state index is 13.6. The second kappa shape index (κ2) is 10.0. The van der Waals surface area contributed by atoms with Gasteiger partial charge in [-0.15, -0.1) is 0 Å². The van der Waals surface area contributed by atoms with Crippen LogP contribution in [0.2, 0.25) is 0 Å². The molecule has 3 aromatic rings. The van der Waals surface area contributed by atoms with Gasteiger partial charge in [-0.05, 0) is 42.0 Å². The molecule has 2 aromatic carbocycles. The van der Waals surface area contributed by atoms with E-state index in [0.29, 0.717) is 22.7 Å². The summed E-state index contributed by atoms with van der Waals surface area (Å²) in [6.07, 6.45) is 3.34. The molecule has 30 heavy (non-hydrogen) atoms. The minimum atomic E-state index is -0.430. The maximum Gasteiger partial charge on any atom is 0.258 e. The van der Waals surface area contributed by atoms with Gasteiger partial charge in [-0.2, -0.15) is 0 Å². The third-order valence-corrected chi connectivity index (χ3v) is 4.08. The van der Waals surface area contributed by atoms with Crippen molar-refractivity contribution in [2.45, 2.75) is 6.54 Å². The van der Waals surface area contributed by atoms with Crippen LogP contribution in [0.15, 0.2) is 72.0 Å². The fourth-order valence-corrected chi connectivity index (χ4v) is 2.59. The van der Waals surface area contributed by atoms with Gasteiger partial charge < -0.3 is 14.8 Å². The van der Waals surface area contributed by atoms with Crippen molar-refractivity contribution in [3.8, 4) is 11.5 Å². The van der Waals surface area contributed by atoms with Crippen molar-refractivity contribution >= 4 is 17.6 Å². The van der Waals surface area contributed by atoms with Crippen molar-refractivity contribution < 1.29 is 18.7 Å². The van der Waals surface area contributed by atoms with E-state index in [4.69, 9.17) is 9.47 Å². The molecular formula is C22H21FN4O3. The second-order valence-corrected chi connectivity index (χ2v) is 6.22. The zero-order valence-electron chi connectivity index (χ0n) is 16.6. The first-order valence-electron chi connectivity index (χ1n) is 9.08. The normalized spacial score (nSPS) is 11.0. The predicted molar refractivity (Wildman–Crippen MR) is 112 cm³/mol. The molecule has 0 spiro atoms. The lowest BCUT2D eigenvalue weighted by Crippen LogP contribution is -2.36. The van der Waals surface area contributed by atoms with Gasteiger partial charge in [-0.1, -0.05) is 12.1 Å². The van der Waals surface area contributed by atoms with Gasteiger partial charge in [0.1, 0.15) is 17.3 Å². The first kappa shape index (κ1) is 20.8. The van der Waals surface area contributed by atoms with E-state index in [1.807, 2.05) is 6.07 Å². The number of carbonyl (C=O) groups excluding carboxylic acids is 1. The molecule has 1 aromatic heterocycles. The summed E-state index contributed by atoms with van der Waals surface area (Å²) in [4.78, 5) is 21.3. The van der Waals surface area contributed by atoms with Crippen molar-refractivity contribution in [2.24, 2.45) is 4.99 Å². The number of aromatic nitrogens is 1. The molecule has 0 saturated heterocycles. The highest BCUT2D eigenvalue weighted by atomic mass is 19.1. The fourth-order valence-electron chi connectivity index (χ4n) is 2.59. The van der Waals surface area contributed by atoms with Gasteiger partial charge in [0.05, 0.1) is 20.8 Å². The number of nitrogens with one attached hydrogen (secondary N) is 2. The van der Waals surface area contributed by atoms with Crippen LogP contribution in [-0.4, -0.2) is 31.1 Å². The van der Waals surface area contributed by atoms with Gasteiger partial charge in [0.2, 0.25) is 5.96 Å².